The number of rotatable bonds is 8. The fourth-order valence-corrected chi connectivity index (χ4v) is 6.26. The van der Waals surface area contributed by atoms with E-state index in [0.29, 0.717) is 24.5 Å². The second-order valence-corrected chi connectivity index (χ2v) is 9.48. The maximum atomic E-state index is 6.62. The number of nitrogens with zero attached hydrogens (tertiary/aromatic N) is 2. The van der Waals surface area contributed by atoms with Crippen LogP contribution in [0.5, 0.6) is 0 Å². The summed E-state index contributed by atoms with van der Waals surface area (Å²) in [7, 11) is 0. The van der Waals surface area contributed by atoms with Crippen LogP contribution in [0.2, 0.25) is 0 Å². The second-order valence-electron chi connectivity index (χ2n) is 9.48. The molecule has 2 bridgehead atoms. The maximum absolute atomic E-state index is 6.62. The van der Waals surface area contributed by atoms with Crippen LogP contribution in [0.4, 0.5) is 0 Å². The number of pyridine rings is 1. The van der Waals surface area contributed by atoms with Crippen molar-refractivity contribution in [3.63, 3.8) is 0 Å². The number of benzene rings is 2. The van der Waals surface area contributed by atoms with E-state index in [0.717, 1.165) is 23.1 Å². The van der Waals surface area contributed by atoms with Crippen LogP contribution in [0.1, 0.15) is 30.1 Å². The highest BCUT2D eigenvalue weighted by Gasteiger charge is 2.54. The minimum Gasteiger partial charge on any atom is -0.363 e. The van der Waals surface area contributed by atoms with Gasteiger partial charge in [-0.1, -0.05) is 60.7 Å². The van der Waals surface area contributed by atoms with Crippen molar-refractivity contribution in [3.8, 4) is 0 Å². The molecule has 3 fully saturated rings. The Morgan fingerprint density at radius 3 is 2.69 bits per heavy atom. The highest BCUT2D eigenvalue weighted by molar-refractivity contribution is 5.82. The third-order valence-electron chi connectivity index (χ3n) is 7.75. The molecule has 1 aromatic heterocycles. The zero-order chi connectivity index (χ0) is 22.0. The molecule has 3 heteroatoms. The van der Waals surface area contributed by atoms with Crippen LogP contribution in [0, 0.1) is 11.8 Å². The highest BCUT2D eigenvalue weighted by atomic mass is 16.5. The zero-order valence-corrected chi connectivity index (χ0v) is 18.8. The molecule has 6 rings (SSSR count). The van der Waals surface area contributed by atoms with Crippen LogP contribution >= 0.6 is 0 Å². The molecule has 4 heterocycles. The van der Waals surface area contributed by atoms with Gasteiger partial charge >= 0.3 is 0 Å². The van der Waals surface area contributed by atoms with Crippen LogP contribution in [0.3, 0.4) is 0 Å². The molecule has 3 nitrogen and oxygen atoms in total. The molecule has 32 heavy (non-hydrogen) atoms. The largest absolute Gasteiger partial charge is 0.363 e. The number of piperidine rings is 3. The molecule has 0 amide bonds. The lowest BCUT2D eigenvalue weighted by atomic mass is 9.71. The molecule has 0 spiro atoms. The Hall–Kier alpha value is -2.75. The van der Waals surface area contributed by atoms with E-state index < -0.39 is 0 Å². The molecule has 2 aromatic carbocycles. The summed E-state index contributed by atoms with van der Waals surface area (Å²) < 4.78 is 7.69. The van der Waals surface area contributed by atoms with E-state index in [1.807, 2.05) is 12.3 Å². The predicted molar refractivity (Wildman–Crippen MR) is 131 cm³/mol. The number of quaternary nitrogens is 1. The summed E-state index contributed by atoms with van der Waals surface area (Å²) in [5, 5.41) is 1.20. The van der Waals surface area contributed by atoms with Crippen molar-refractivity contribution < 1.29 is 9.22 Å². The lowest BCUT2D eigenvalue weighted by Gasteiger charge is -2.58. The SMILES string of the molecule is C=CCOC(c1ccnc2ccccc12)C1CC2CC[N+]1(Cc1ccccc1)CC2C=C. The molecule has 0 N–H and O–H groups in total. The Balaban J connectivity index is 1.60. The monoisotopic (exact) mass is 425 g/mol. The Morgan fingerprint density at radius 2 is 1.88 bits per heavy atom. The molecule has 5 atom stereocenters. The van der Waals surface area contributed by atoms with Gasteiger partial charge < -0.3 is 9.22 Å². The Labute approximate surface area is 191 Å². The van der Waals surface area contributed by atoms with Crippen molar-refractivity contribution in [1.82, 2.24) is 4.98 Å². The molecule has 3 aliphatic heterocycles. The molecule has 5 unspecified atom stereocenters. The summed E-state index contributed by atoms with van der Waals surface area (Å²) >= 11 is 0. The van der Waals surface area contributed by atoms with E-state index in [1.54, 1.807) is 0 Å². The van der Waals surface area contributed by atoms with Crippen molar-refractivity contribution in [2.24, 2.45) is 11.8 Å². The molecule has 164 valence electrons. The molecule has 0 radical (unpaired) electrons. The van der Waals surface area contributed by atoms with E-state index in [2.05, 4.69) is 84.9 Å². The topological polar surface area (TPSA) is 22.1 Å². The van der Waals surface area contributed by atoms with Gasteiger partial charge in [0, 0.05) is 35.9 Å². The number of ether oxygens (including phenoxy) is 1. The van der Waals surface area contributed by atoms with Gasteiger partial charge in [0.15, 0.2) is 0 Å². The zero-order valence-electron chi connectivity index (χ0n) is 18.8. The van der Waals surface area contributed by atoms with Crippen molar-refractivity contribution in [2.75, 3.05) is 19.7 Å². The Kier molecular flexibility index (Phi) is 5.95. The Morgan fingerprint density at radius 1 is 1.06 bits per heavy atom. The number of hydrogen-bond acceptors (Lipinski definition) is 2. The average Bonchev–Trinajstić information content (AvgIpc) is 2.85. The summed E-state index contributed by atoms with van der Waals surface area (Å²) in [6, 6.07) is 22.0. The predicted octanol–water partition coefficient (Wildman–Crippen LogP) is 6.09. The molecule has 3 aliphatic rings. The number of aromatic nitrogens is 1. The van der Waals surface area contributed by atoms with Gasteiger partial charge in [0.2, 0.25) is 0 Å². The third-order valence-corrected chi connectivity index (χ3v) is 7.75. The molecule has 3 aromatic rings. The molecule has 3 saturated heterocycles. The average molecular weight is 426 g/mol. The normalized spacial score (nSPS) is 27.8. The maximum Gasteiger partial charge on any atom is 0.135 e. The first kappa shape index (κ1) is 21.1. The van der Waals surface area contributed by atoms with E-state index in [1.165, 1.54) is 35.9 Å². The highest BCUT2D eigenvalue weighted by Crippen LogP contribution is 2.49. The molecule has 0 aliphatic carbocycles. The van der Waals surface area contributed by atoms with Gasteiger partial charge in [-0.05, 0) is 23.6 Å². The summed E-state index contributed by atoms with van der Waals surface area (Å²) in [6.45, 7) is 12.1. The molecular weight excluding hydrogens is 392 g/mol. The van der Waals surface area contributed by atoms with Gasteiger partial charge in [0.1, 0.15) is 18.7 Å². The lowest BCUT2D eigenvalue weighted by Crippen LogP contribution is -2.67. The van der Waals surface area contributed by atoms with Gasteiger partial charge in [-0.2, -0.15) is 0 Å². The number of fused-ring (bicyclic) bond motifs is 4. The number of hydrogen-bond donors (Lipinski definition) is 0. The van der Waals surface area contributed by atoms with Crippen molar-refractivity contribution in [2.45, 2.75) is 31.5 Å². The van der Waals surface area contributed by atoms with Gasteiger partial charge in [-0.15, -0.1) is 13.2 Å². The standard InChI is InChI=1S/C29H33N2O/c1-3-18-32-29(26-14-16-30-27-13-9-8-12-25(26)27)28-19-24-15-17-31(28,21-23(24)4-2)20-22-10-6-5-7-11-22/h3-14,16,23-24,28-29H,1-2,15,17-21H2/q+1. The fraction of sp³-hybridized carbons (Fsp3) is 0.345. The summed E-state index contributed by atoms with van der Waals surface area (Å²) in [4.78, 5) is 4.61. The van der Waals surface area contributed by atoms with Crippen LogP contribution in [-0.4, -0.2) is 35.2 Å². The van der Waals surface area contributed by atoms with E-state index in [9.17, 15) is 0 Å². The van der Waals surface area contributed by atoms with Crippen molar-refractivity contribution in [1.29, 1.82) is 0 Å². The second kappa shape index (κ2) is 9.01. The third kappa shape index (κ3) is 3.80. The van der Waals surface area contributed by atoms with Crippen LogP contribution < -0.4 is 0 Å². The van der Waals surface area contributed by atoms with Gasteiger partial charge in [-0.3, -0.25) is 4.98 Å². The first-order valence-electron chi connectivity index (χ1n) is 11.8. The quantitative estimate of drug-likeness (QED) is 0.322. The molecule has 0 saturated carbocycles. The van der Waals surface area contributed by atoms with Gasteiger partial charge in [-0.25, -0.2) is 0 Å². The molecular formula is C29H33N2O+. The van der Waals surface area contributed by atoms with Gasteiger partial charge in [0.25, 0.3) is 0 Å². The van der Waals surface area contributed by atoms with Crippen LogP contribution in [0.25, 0.3) is 10.9 Å². The van der Waals surface area contributed by atoms with E-state index >= 15 is 0 Å². The van der Waals surface area contributed by atoms with Crippen molar-refractivity contribution in [3.05, 3.63) is 103 Å². The smallest absolute Gasteiger partial charge is 0.135 e. The van der Waals surface area contributed by atoms with E-state index in [-0.39, 0.29) is 6.10 Å². The fourth-order valence-electron chi connectivity index (χ4n) is 6.26. The van der Waals surface area contributed by atoms with Crippen molar-refractivity contribution >= 4 is 10.9 Å². The minimum absolute atomic E-state index is 0.0122. The van der Waals surface area contributed by atoms with Crippen LogP contribution in [0.15, 0.2) is 92.2 Å². The number of para-hydroxylation sites is 1. The minimum atomic E-state index is 0.0122. The summed E-state index contributed by atoms with van der Waals surface area (Å²) in [5.74, 6) is 1.27. The lowest BCUT2D eigenvalue weighted by molar-refractivity contribution is -0.985. The van der Waals surface area contributed by atoms with Gasteiger partial charge in [0.05, 0.1) is 25.2 Å². The first-order valence-corrected chi connectivity index (χ1v) is 11.8. The van der Waals surface area contributed by atoms with E-state index in [4.69, 9.17) is 4.74 Å². The first-order chi connectivity index (χ1) is 15.7. The summed E-state index contributed by atoms with van der Waals surface area (Å²) in [6.07, 6.45) is 8.47. The Bertz CT molecular complexity index is 1090. The summed E-state index contributed by atoms with van der Waals surface area (Å²) in [5.41, 5.74) is 3.70. The van der Waals surface area contributed by atoms with Crippen LogP contribution in [-0.2, 0) is 11.3 Å².